The Morgan fingerprint density at radius 3 is 2.36 bits per heavy atom. The second kappa shape index (κ2) is 5.98. The van der Waals surface area contributed by atoms with Gasteiger partial charge in [0.1, 0.15) is 0 Å². The predicted molar refractivity (Wildman–Crippen MR) is 91.4 cm³/mol. The zero-order valence-electron chi connectivity index (χ0n) is 14.0. The Labute approximate surface area is 144 Å². The van der Waals surface area contributed by atoms with E-state index in [1.807, 2.05) is 6.20 Å². The number of aromatic nitrogens is 6. The molecule has 5 heterocycles. The lowest BCUT2D eigenvalue weighted by molar-refractivity contribution is 0.314. The molecule has 2 aliphatic rings. The predicted octanol–water partition coefficient (Wildman–Crippen LogP) is 1.68. The van der Waals surface area contributed by atoms with Gasteiger partial charge in [0.05, 0.1) is 6.20 Å². The smallest absolute Gasteiger partial charge is 0.245 e. The molecule has 3 aromatic heterocycles. The van der Waals surface area contributed by atoms with Gasteiger partial charge in [-0.05, 0) is 23.2 Å². The zero-order valence-corrected chi connectivity index (χ0v) is 14.0. The normalized spacial score (nSPS) is 18.4. The molecular formula is C16H20N8O. The molecule has 0 saturated carbocycles. The van der Waals surface area contributed by atoms with Crippen LogP contribution in [0.15, 0.2) is 10.8 Å². The van der Waals surface area contributed by atoms with Crippen molar-refractivity contribution in [2.45, 2.75) is 38.6 Å². The maximum absolute atomic E-state index is 4.84. The van der Waals surface area contributed by atoms with E-state index in [0.29, 0.717) is 11.3 Å². The van der Waals surface area contributed by atoms with E-state index in [9.17, 15) is 0 Å². The quantitative estimate of drug-likeness (QED) is 0.752. The molecule has 1 N–H and O–H groups in total. The highest BCUT2D eigenvalue weighted by molar-refractivity contribution is 5.75. The third-order valence-electron chi connectivity index (χ3n) is 5.08. The first kappa shape index (κ1) is 14.6. The molecule has 9 heteroatoms. The molecule has 1 fully saturated rings. The average Bonchev–Trinajstić information content (AvgIpc) is 3.21. The number of H-pyrrole nitrogens is 1. The number of nitrogens with one attached hydrogen (secondary N) is 1. The lowest BCUT2D eigenvalue weighted by Gasteiger charge is -2.31. The molecule has 3 aromatic rings. The average molecular weight is 340 g/mol. The van der Waals surface area contributed by atoms with Crippen molar-refractivity contribution in [3.05, 3.63) is 17.5 Å². The van der Waals surface area contributed by atoms with Gasteiger partial charge in [0.15, 0.2) is 11.6 Å². The zero-order chi connectivity index (χ0) is 16.6. The van der Waals surface area contributed by atoms with Crippen molar-refractivity contribution in [2.24, 2.45) is 0 Å². The van der Waals surface area contributed by atoms with Crippen molar-refractivity contribution in [3.63, 3.8) is 0 Å². The van der Waals surface area contributed by atoms with Gasteiger partial charge in [0, 0.05) is 43.9 Å². The molecule has 9 nitrogen and oxygen atoms in total. The van der Waals surface area contributed by atoms with E-state index in [0.717, 1.165) is 44.2 Å². The Balaban J connectivity index is 1.57. The topological polar surface area (TPSA) is 99.9 Å². The fourth-order valence-electron chi connectivity index (χ4n) is 3.73. The molecule has 0 aromatic carbocycles. The number of nitrogens with zero attached hydrogens (tertiary/aromatic N) is 7. The van der Waals surface area contributed by atoms with Crippen LogP contribution in [0.25, 0.3) is 11.3 Å². The van der Waals surface area contributed by atoms with Crippen LogP contribution in [-0.2, 0) is 13.0 Å². The Morgan fingerprint density at radius 1 is 0.880 bits per heavy atom. The molecule has 0 bridgehead atoms. The number of aromatic amines is 1. The summed E-state index contributed by atoms with van der Waals surface area (Å²) in [7, 11) is 0. The van der Waals surface area contributed by atoms with Gasteiger partial charge in [-0.2, -0.15) is 5.10 Å². The number of anilines is 2. The Bertz CT molecular complexity index is 879. The van der Waals surface area contributed by atoms with Gasteiger partial charge in [-0.1, -0.05) is 12.8 Å². The number of fused-ring (bicyclic) bond motifs is 2. The maximum Gasteiger partial charge on any atom is 0.245 e. The van der Waals surface area contributed by atoms with Gasteiger partial charge >= 0.3 is 0 Å². The second-order valence-electron chi connectivity index (χ2n) is 6.73. The van der Waals surface area contributed by atoms with Crippen LogP contribution in [0, 0.1) is 0 Å². The molecule has 5 rings (SSSR count). The first-order valence-electron chi connectivity index (χ1n) is 8.90. The molecule has 130 valence electrons. The molecule has 1 saturated heterocycles. The summed E-state index contributed by atoms with van der Waals surface area (Å²) in [6, 6.07) is 0. The van der Waals surface area contributed by atoms with Gasteiger partial charge in [0.2, 0.25) is 11.3 Å². The summed E-state index contributed by atoms with van der Waals surface area (Å²) in [5.41, 5.74) is 3.37. The van der Waals surface area contributed by atoms with Crippen molar-refractivity contribution in [2.75, 3.05) is 29.4 Å². The minimum atomic E-state index is 0.464. The molecule has 0 amide bonds. The van der Waals surface area contributed by atoms with E-state index in [-0.39, 0.29) is 0 Å². The van der Waals surface area contributed by atoms with Crippen molar-refractivity contribution in [3.8, 4) is 0 Å². The molecule has 0 aliphatic carbocycles. The van der Waals surface area contributed by atoms with Gasteiger partial charge in [-0.3, -0.25) is 5.10 Å². The number of hydrogen-bond donors (Lipinski definition) is 1. The molecule has 2 aliphatic heterocycles. The maximum atomic E-state index is 4.84. The highest BCUT2D eigenvalue weighted by Gasteiger charge is 2.26. The largest absolute Gasteiger partial charge is 0.353 e. The van der Waals surface area contributed by atoms with E-state index in [1.165, 1.54) is 36.9 Å². The second-order valence-corrected chi connectivity index (χ2v) is 6.73. The summed E-state index contributed by atoms with van der Waals surface area (Å²) >= 11 is 0. The minimum absolute atomic E-state index is 0.464. The van der Waals surface area contributed by atoms with Crippen LogP contribution in [0.3, 0.4) is 0 Å². The SMILES string of the molecule is c1n[nH]c2c1CN(c1nc3nonc3nc1N1CCCCCC1)CC2. The summed E-state index contributed by atoms with van der Waals surface area (Å²) in [6.07, 6.45) is 7.73. The third-order valence-corrected chi connectivity index (χ3v) is 5.08. The monoisotopic (exact) mass is 340 g/mol. The molecule has 25 heavy (non-hydrogen) atoms. The van der Waals surface area contributed by atoms with Crippen LogP contribution in [0.2, 0.25) is 0 Å². The molecule has 0 radical (unpaired) electrons. The third kappa shape index (κ3) is 2.59. The Morgan fingerprint density at radius 2 is 1.60 bits per heavy atom. The van der Waals surface area contributed by atoms with Gasteiger partial charge in [-0.25, -0.2) is 14.6 Å². The summed E-state index contributed by atoms with van der Waals surface area (Å²) in [5.74, 6) is 1.77. The highest BCUT2D eigenvalue weighted by atomic mass is 16.6. The first-order valence-corrected chi connectivity index (χ1v) is 8.90. The molecule has 0 spiro atoms. The fourth-order valence-corrected chi connectivity index (χ4v) is 3.73. The van der Waals surface area contributed by atoms with Crippen LogP contribution in [0.4, 0.5) is 11.6 Å². The minimum Gasteiger partial charge on any atom is -0.353 e. The standard InChI is InChI=1S/C16H20N8O/c1-2-4-7-23(6-3-1)15-16(19-14-13(18-15)21-25-22-14)24-8-5-12-11(10-24)9-17-20-12/h9H,1-8,10H2,(H,17,20). The van der Waals surface area contributed by atoms with Crippen molar-refractivity contribution in [1.29, 1.82) is 0 Å². The Kier molecular flexibility index (Phi) is 3.50. The molecular weight excluding hydrogens is 320 g/mol. The summed E-state index contributed by atoms with van der Waals surface area (Å²) in [5, 5.41) is 15.0. The van der Waals surface area contributed by atoms with Crippen LogP contribution in [0.1, 0.15) is 36.9 Å². The summed E-state index contributed by atoms with van der Waals surface area (Å²) in [6.45, 7) is 3.66. The summed E-state index contributed by atoms with van der Waals surface area (Å²) in [4.78, 5) is 14.1. The lowest BCUT2D eigenvalue weighted by atomic mass is 10.1. The van der Waals surface area contributed by atoms with Crippen LogP contribution in [-0.4, -0.2) is 50.1 Å². The van der Waals surface area contributed by atoms with Crippen LogP contribution in [0.5, 0.6) is 0 Å². The molecule has 0 unspecified atom stereocenters. The van der Waals surface area contributed by atoms with Crippen LogP contribution >= 0.6 is 0 Å². The summed E-state index contributed by atoms with van der Waals surface area (Å²) < 4.78 is 4.84. The van der Waals surface area contributed by atoms with E-state index in [4.69, 9.17) is 14.6 Å². The number of rotatable bonds is 2. The van der Waals surface area contributed by atoms with Crippen molar-refractivity contribution >= 4 is 22.9 Å². The van der Waals surface area contributed by atoms with E-state index in [2.05, 4.69) is 30.3 Å². The van der Waals surface area contributed by atoms with Crippen molar-refractivity contribution in [1.82, 2.24) is 30.5 Å². The van der Waals surface area contributed by atoms with Gasteiger partial charge in [0.25, 0.3) is 0 Å². The van der Waals surface area contributed by atoms with Crippen LogP contribution < -0.4 is 9.80 Å². The van der Waals surface area contributed by atoms with E-state index in [1.54, 1.807) is 0 Å². The van der Waals surface area contributed by atoms with Gasteiger partial charge < -0.3 is 9.80 Å². The Hall–Kier alpha value is -2.71. The van der Waals surface area contributed by atoms with Crippen molar-refractivity contribution < 1.29 is 4.63 Å². The first-order chi connectivity index (χ1) is 12.4. The number of hydrogen-bond acceptors (Lipinski definition) is 8. The van der Waals surface area contributed by atoms with Gasteiger partial charge in [-0.15, -0.1) is 0 Å². The van der Waals surface area contributed by atoms with E-state index < -0.39 is 0 Å². The van der Waals surface area contributed by atoms with E-state index >= 15 is 0 Å². The fraction of sp³-hybridized carbons (Fsp3) is 0.562. The highest BCUT2D eigenvalue weighted by Crippen LogP contribution is 2.32. The lowest BCUT2D eigenvalue weighted by Crippen LogP contribution is -2.34. The molecule has 0 atom stereocenters.